The quantitative estimate of drug-likeness (QED) is 0.434. The van der Waals surface area contributed by atoms with E-state index < -0.39 is 0 Å². The zero-order valence-corrected chi connectivity index (χ0v) is 21.7. The number of amides is 1. The number of hydrogen-bond acceptors (Lipinski definition) is 5. The molecule has 3 heterocycles. The molecule has 3 atom stereocenters. The van der Waals surface area contributed by atoms with Gasteiger partial charge in [-0.2, -0.15) is 0 Å². The van der Waals surface area contributed by atoms with Gasteiger partial charge in [0, 0.05) is 36.6 Å². The van der Waals surface area contributed by atoms with Crippen molar-refractivity contribution < 1.29 is 4.79 Å². The average Bonchev–Trinajstić information content (AvgIpc) is 3.62. The lowest BCUT2D eigenvalue weighted by Gasteiger charge is -2.39. The lowest BCUT2D eigenvalue weighted by atomic mass is 9.69. The summed E-state index contributed by atoms with van der Waals surface area (Å²) in [7, 11) is 0. The van der Waals surface area contributed by atoms with Gasteiger partial charge >= 0.3 is 0 Å². The molecule has 3 aromatic rings. The van der Waals surface area contributed by atoms with Gasteiger partial charge in [-0.25, -0.2) is 9.97 Å². The summed E-state index contributed by atoms with van der Waals surface area (Å²) in [6.45, 7) is 11.6. The van der Waals surface area contributed by atoms with Crippen molar-refractivity contribution >= 4 is 22.8 Å². The molecule has 36 heavy (non-hydrogen) atoms. The van der Waals surface area contributed by atoms with Gasteiger partial charge in [0.25, 0.3) is 5.91 Å². The maximum atomic E-state index is 13.4. The number of nitrogens with one attached hydrogen (secondary N) is 3. The number of aromatic nitrogens is 3. The molecule has 0 spiro atoms. The molecule has 1 saturated heterocycles. The SMILES string of the molecule is CC1(C)[C@@H]2CC[C@@]1(C)[C@@H](NC(=O)c1ccnc3nc(-c4ccc(NCCN5CCCC5)cc4)[nH]c13)C2. The number of rotatable bonds is 7. The molecule has 6 rings (SSSR count). The Morgan fingerprint density at radius 2 is 1.92 bits per heavy atom. The zero-order chi connectivity index (χ0) is 24.9. The van der Waals surface area contributed by atoms with Crippen molar-refractivity contribution in [1.29, 1.82) is 0 Å². The van der Waals surface area contributed by atoms with Crippen molar-refractivity contribution in [2.75, 3.05) is 31.5 Å². The summed E-state index contributed by atoms with van der Waals surface area (Å²) < 4.78 is 0. The van der Waals surface area contributed by atoms with E-state index in [9.17, 15) is 4.79 Å². The normalized spacial score (nSPS) is 27.1. The van der Waals surface area contributed by atoms with Crippen LogP contribution in [0.5, 0.6) is 0 Å². The highest BCUT2D eigenvalue weighted by Crippen LogP contribution is 2.65. The van der Waals surface area contributed by atoms with Crippen molar-refractivity contribution in [1.82, 2.24) is 25.2 Å². The fourth-order valence-electron chi connectivity index (χ4n) is 7.01. The zero-order valence-electron chi connectivity index (χ0n) is 21.7. The topological polar surface area (TPSA) is 85.9 Å². The summed E-state index contributed by atoms with van der Waals surface area (Å²) in [5.41, 5.74) is 4.37. The first-order chi connectivity index (χ1) is 17.3. The number of benzene rings is 1. The molecule has 2 aliphatic carbocycles. The molecule has 3 aliphatic rings. The number of anilines is 1. The summed E-state index contributed by atoms with van der Waals surface area (Å²) in [6.07, 6.45) is 7.84. The molecule has 1 aliphatic heterocycles. The maximum Gasteiger partial charge on any atom is 0.253 e. The molecule has 2 saturated carbocycles. The monoisotopic (exact) mass is 486 g/mol. The first kappa shape index (κ1) is 23.5. The van der Waals surface area contributed by atoms with Crippen molar-refractivity contribution in [3.63, 3.8) is 0 Å². The smallest absolute Gasteiger partial charge is 0.253 e. The number of imidazole rings is 1. The second-order valence-corrected chi connectivity index (χ2v) is 11.8. The molecule has 2 bridgehead atoms. The summed E-state index contributed by atoms with van der Waals surface area (Å²) in [4.78, 5) is 28.5. The minimum absolute atomic E-state index is 0.0373. The summed E-state index contributed by atoms with van der Waals surface area (Å²) >= 11 is 0. The van der Waals surface area contributed by atoms with Gasteiger partial charge in [-0.05, 0) is 92.3 Å². The fourth-order valence-corrected chi connectivity index (χ4v) is 7.01. The number of aromatic amines is 1. The van der Waals surface area contributed by atoms with Gasteiger partial charge in [-0.1, -0.05) is 20.8 Å². The highest BCUT2D eigenvalue weighted by Gasteiger charge is 2.61. The third-order valence-corrected chi connectivity index (χ3v) is 9.85. The Bertz CT molecular complexity index is 1260. The molecule has 1 aromatic carbocycles. The van der Waals surface area contributed by atoms with Crippen LogP contribution in [-0.2, 0) is 0 Å². The van der Waals surface area contributed by atoms with Crippen molar-refractivity contribution in [3.05, 3.63) is 42.1 Å². The number of carbonyl (C=O) groups is 1. The molecule has 0 radical (unpaired) electrons. The Kier molecular flexibility index (Phi) is 5.78. The first-order valence-corrected chi connectivity index (χ1v) is 13.6. The van der Waals surface area contributed by atoms with E-state index in [1.165, 1.54) is 38.8 Å². The van der Waals surface area contributed by atoms with Crippen molar-refractivity contribution in [2.45, 2.75) is 58.9 Å². The van der Waals surface area contributed by atoms with E-state index >= 15 is 0 Å². The largest absolute Gasteiger partial charge is 0.384 e. The van der Waals surface area contributed by atoms with Crippen LogP contribution in [0.3, 0.4) is 0 Å². The molecule has 3 fully saturated rings. The first-order valence-electron chi connectivity index (χ1n) is 13.6. The minimum Gasteiger partial charge on any atom is -0.384 e. The number of H-pyrrole nitrogens is 1. The highest BCUT2D eigenvalue weighted by atomic mass is 16.1. The van der Waals surface area contributed by atoms with Crippen LogP contribution in [-0.4, -0.2) is 58.0 Å². The second-order valence-electron chi connectivity index (χ2n) is 11.8. The van der Waals surface area contributed by atoms with E-state index in [1.54, 1.807) is 12.3 Å². The molecule has 2 aromatic heterocycles. The predicted molar refractivity (Wildman–Crippen MR) is 144 cm³/mol. The van der Waals surface area contributed by atoms with E-state index in [4.69, 9.17) is 4.98 Å². The van der Waals surface area contributed by atoms with E-state index in [0.717, 1.165) is 36.6 Å². The molecule has 190 valence electrons. The number of carbonyl (C=O) groups excluding carboxylic acids is 1. The minimum atomic E-state index is -0.0373. The van der Waals surface area contributed by atoms with Gasteiger partial charge in [-0.15, -0.1) is 0 Å². The van der Waals surface area contributed by atoms with Crippen molar-refractivity contribution in [2.24, 2.45) is 16.7 Å². The number of pyridine rings is 1. The van der Waals surface area contributed by atoms with Crippen LogP contribution in [0.2, 0.25) is 0 Å². The lowest BCUT2D eigenvalue weighted by molar-refractivity contribution is 0.0827. The van der Waals surface area contributed by atoms with E-state index in [1.807, 2.05) is 0 Å². The molecular formula is C29H38N6O. The van der Waals surface area contributed by atoms with Gasteiger partial charge in [0.15, 0.2) is 5.65 Å². The van der Waals surface area contributed by atoms with Gasteiger partial charge in [0.1, 0.15) is 5.82 Å². The second kappa shape index (κ2) is 8.87. The van der Waals surface area contributed by atoms with Crippen molar-refractivity contribution in [3.8, 4) is 11.4 Å². The fraction of sp³-hybridized carbons (Fsp3) is 0.552. The Labute approximate surface area is 213 Å². The van der Waals surface area contributed by atoms with E-state index in [-0.39, 0.29) is 22.8 Å². The van der Waals surface area contributed by atoms with E-state index in [2.05, 4.69) is 70.5 Å². The van der Waals surface area contributed by atoms with Gasteiger partial charge in [0.2, 0.25) is 0 Å². The third-order valence-electron chi connectivity index (χ3n) is 9.85. The molecule has 7 heteroatoms. The Balaban J connectivity index is 1.16. The highest BCUT2D eigenvalue weighted by molar-refractivity contribution is 6.04. The number of likely N-dealkylation sites (tertiary alicyclic amines) is 1. The van der Waals surface area contributed by atoms with Gasteiger partial charge in [0.05, 0.1) is 11.1 Å². The van der Waals surface area contributed by atoms with Crippen LogP contribution < -0.4 is 10.6 Å². The number of nitrogens with zero attached hydrogens (tertiary/aromatic N) is 3. The van der Waals surface area contributed by atoms with Crippen LogP contribution in [0.1, 0.15) is 63.2 Å². The molecule has 0 unspecified atom stereocenters. The molecule has 1 amide bonds. The summed E-state index contributed by atoms with van der Waals surface area (Å²) in [6, 6.07) is 10.3. The standard InChI is InChI=1S/C29H38N6O/c1-28(2)20-10-12-29(28,3)23(18-20)32-27(36)22-11-13-31-26-24(22)33-25(34-26)19-6-8-21(9-7-19)30-14-17-35-15-4-5-16-35/h6-9,11,13,20,23,30H,4-5,10,12,14-18H2,1-3H3,(H,32,36)(H,31,33,34)/t20-,23+,29+/m1/s1. The number of fused-ring (bicyclic) bond motifs is 3. The molecule has 7 nitrogen and oxygen atoms in total. The average molecular weight is 487 g/mol. The van der Waals surface area contributed by atoms with Crippen LogP contribution in [0.25, 0.3) is 22.6 Å². The van der Waals surface area contributed by atoms with Crippen LogP contribution >= 0.6 is 0 Å². The van der Waals surface area contributed by atoms with Gasteiger partial charge in [-0.3, -0.25) is 4.79 Å². The maximum absolute atomic E-state index is 13.4. The third kappa shape index (κ3) is 3.88. The Hall–Kier alpha value is -2.93. The van der Waals surface area contributed by atoms with E-state index in [0.29, 0.717) is 22.6 Å². The number of hydrogen-bond donors (Lipinski definition) is 3. The van der Waals surface area contributed by atoms with Crippen LogP contribution in [0.4, 0.5) is 5.69 Å². The predicted octanol–water partition coefficient (Wildman–Crippen LogP) is 5.08. The Morgan fingerprint density at radius 3 is 2.61 bits per heavy atom. The lowest BCUT2D eigenvalue weighted by Crippen LogP contribution is -2.46. The van der Waals surface area contributed by atoms with Gasteiger partial charge < -0.3 is 20.5 Å². The van der Waals surface area contributed by atoms with Crippen LogP contribution in [0, 0.1) is 16.7 Å². The summed E-state index contributed by atoms with van der Waals surface area (Å²) in [5, 5.41) is 6.90. The summed E-state index contributed by atoms with van der Waals surface area (Å²) in [5.74, 6) is 1.38. The Morgan fingerprint density at radius 1 is 1.14 bits per heavy atom. The van der Waals surface area contributed by atoms with Crippen LogP contribution in [0.15, 0.2) is 36.5 Å². The molecule has 3 N–H and O–H groups in total. The molecular weight excluding hydrogens is 448 g/mol.